The molecule has 0 aromatic heterocycles. The Labute approximate surface area is 178 Å². The number of anilines is 2. The fourth-order valence-electron chi connectivity index (χ4n) is 3.14. The molecule has 3 rings (SSSR count). The topological polar surface area (TPSA) is 111 Å². The maximum atomic E-state index is 12.3. The molecule has 0 spiro atoms. The highest BCUT2D eigenvalue weighted by molar-refractivity contribution is 6.00. The number of carbonyl (C=O) groups excluding carboxylic acids is 4. The van der Waals surface area contributed by atoms with Gasteiger partial charge in [0.2, 0.25) is 5.91 Å². The summed E-state index contributed by atoms with van der Waals surface area (Å²) in [4.78, 5) is 49.6. The Bertz CT molecular complexity index is 970. The summed E-state index contributed by atoms with van der Waals surface area (Å²) in [6.45, 7) is -0.300. The van der Waals surface area contributed by atoms with E-state index < -0.39 is 30.4 Å². The molecule has 1 aliphatic rings. The minimum absolute atomic E-state index is 0.0153. The molecule has 0 bridgehead atoms. The van der Waals surface area contributed by atoms with Crippen molar-refractivity contribution >= 4 is 35.1 Å². The van der Waals surface area contributed by atoms with E-state index in [0.29, 0.717) is 22.7 Å². The van der Waals surface area contributed by atoms with E-state index in [4.69, 9.17) is 9.47 Å². The van der Waals surface area contributed by atoms with Gasteiger partial charge in [0.1, 0.15) is 5.75 Å². The van der Waals surface area contributed by atoms with Crippen molar-refractivity contribution in [3.63, 3.8) is 0 Å². The number of hydrogen-bond donors (Lipinski definition) is 1. The van der Waals surface area contributed by atoms with E-state index in [9.17, 15) is 19.2 Å². The lowest BCUT2D eigenvalue weighted by Gasteiger charge is -2.16. The van der Waals surface area contributed by atoms with E-state index in [2.05, 4.69) is 10.1 Å². The van der Waals surface area contributed by atoms with Gasteiger partial charge in [0.25, 0.3) is 5.91 Å². The van der Waals surface area contributed by atoms with Crippen LogP contribution in [0.3, 0.4) is 0 Å². The molecule has 0 saturated carbocycles. The average molecular weight is 426 g/mol. The highest BCUT2D eigenvalue weighted by Crippen LogP contribution is 2.27. The minimum atomic E-state index is -0.651. The first-order valence-electron chi connectivity index (χ1n) is 9.50. The highest BCUT2D eigenvalue weighted by atomic mass is 16.5. The standard InChI is InChI=1S/C22H22N2O7/c1-29-18-9-7-17(8-10-18)24-12-15(11-20(24)26)22(28)31-13-19(25)23-16-5-3-14(4-6-16)21(27)30-2/h3-10,15H,11-13H2,1-2H3,(H,23,25)/t15-/m0/s1. The van der Waals surface area contributed by atoms with Crippen molar-refractivity contribution in [2.24, 2.45) is 5.92 Å². The molecule has 9 heteroatoms. The van der Waals surface area contributed by atoms with Crippen LogP contribution in [-0.4, -0.2) is 51.1 Å². The van der Waals surface area contributed by atoms with Crippen LogP contribution < -0.4 is 15.0 Å². The first kappa shape index (κ1) is 21.8. The van der Waals surface area contributed by atoms with Gasteiger partial charge in [0.15, 0.2) is 6.61 Å². The van der Waals surface area contributed by atoms with Gasteiger partial charge in [-0.2, -0.15) is 0 Å². The third-order valence-electron chi connectivity index (χ3n) is 4.78. The van der Waals surface area contributed by atoms with Crippen molar-refractivity contribution in [3.05, 3.63) is 54.1 Å². The second kappa shape index (κ2) is 9.75. The van der Waals surface area contributed by atoms with Crippen LogP contribution in [0.25, 0.3) is 0 Å². The molecule has 0 unspecified atom stereocenters. The molecule has 9 nitrogen and oxygen atoms in total. The number of hydrogen-bond acceptors (Lipinski definition) is 7. The normalized spacial score (nSPS) is 15.4. The van der Waals surface area contributed by atoms with Crippen molar-refractivity contribution in [1.82, 2.24) is 0 Å². The van der Waals surface area contributed by atoms with E-state index >= 15 is 0 Å². The Kier molecular flexibility index (Phi) is 6.86. The van der Waals surface area contributed by atoms with Crippen molar-refractivity contribution in [3.8, 4) is 5.75 Å². The third-order valence-corrected chi connectivity index (χ3v) is 4.78. The summed E-state index contributed by atoms with van der Waals surface area (Å²) < 4.78 is 14.8. The molecule has 0 aliphatic carbocycles. The largest absolute Gasteiger partial charge is 0.497 e. The Morgan fingerprint density at radius 1 is 1.03 bits per heavy atom. The first-order chi connectivity index (χ1) is 14.9. The summed E-state index contributed by atoms with van der Waals surface area (Å²) in [7, 11) is 2.83. The van der Waals surface area contributed by atoms with Crippen molar-refractivity contribution in [2.45, 2.75) is 6.42 Å². The van der Waals surface area contributed by atoms with Crippen molar-refractivity contribution in [2.75, 3.05) is 37.6 Å². The van der Waals surface area contributed by atoms with Crippen LogP contribution in [-0.2, 0) is 23.9 Å². The van der Waals surface area contributed by atoms with Crippen LogP contribution in [0.15, 0.2) is 48.5 Å². The number of esters is 2. The van der Waals surface area contributed by atoms with Crippen LogP contribution in [0.5, 0.6) is 5.75 Å². The predicted octanol–water partition coefficient (Wildman–Crippen LogP) is 2.02. The number of nitrogens with zero attached hydrogens (tertiary/aromatic N) is 1. The fraction of sp³-hybridized carbons (Fsp3) is 0.273. The predicted molar refractivity (Wildman–Crippen MR) is 111 cm³/mol. The van der Waals surface area contributed by atoms with Gasteiger partial charge in [-0.05, 0) is 48.5 Å². The summed E-state index contributed by atoms with van der Waals surface area (Å²) in [6.07, 6.45) is 0.0153. The zero-order chi connectivity index (χ0) is 22.4. The number of amides is 2. The van der Waals surface area contributed by atoms with Crippen LogP contribution >= 0.6 is 0 Å². The van der Waals surface area contributed by atoms with Crippen LogP contribution in [0.1, 0.15) is 16.8 Å². The lowest BCUT2D eigenvalue weighted by molar-refractivity contribution is -0.151. The quantitative estimate of drug-likeness (QED) is 0.674. The molecule has 2 amide bonds. The summed E-state index contributed by atoms with van der Waals surface area (Å²) in [5, 5.41) is 2.57. The summed E-state index contributed by atoms with van der Waals surface area (Å²) >= 11 is 0. The van der Waals surface area contributed by atoms with Crippen molar-refractivity contribution in [1.29, 1.82) is 0 Å². The van der Waals surface area contributed by atoms with Gasteiger partial charge in [-0.25, -0.2) is 4.79 Å². The molecule has 1 fully saturated rings. The zero-order valence-corrected chi connectivity index (χ0v) is 17.1. The molecule has 162 valence electrons. The lowest BCUT2D eigenvalue weighted by atomic mass is 10.1. The van der Waals surface area contributed by atoms with Crippen molar-refractivity contribution < 1.29 is 33.4 Å². The second-order valence-electron chi connectivity index (χ2n) is 6.83. The Balaban J connectivity index is 1.49. The fourth-order valence-corrected chi connectivity index (χ4v) is 3.14. The zero-order valence-electron chi connectivity index (χ0n) is 17.1. The Morgan fingerprint density at radius 2 is 1.71 bits per heavy atom. The van der Waals surface area contributed by atoms with E-state index in [1.54, 1.807) is 31.4 Å². The van der Waals surface area contributed by atoms with E-state index in [1.165, 1.54) is 36.3 Å². The van der Waals surface area contributed by atoms with Gasteiger partial charge in [-0.1, -0.05) is 0 Å². The summed E-state index contributed by atoms with van der Waals surface area (Å²) in [6, 6.07) is 13.0. The Morgan fingerprint density at radius 3 is 2.32 bits per heavy atom. The maximum Gasteiger partial charge on any atom is 0.337 e. The van der Waals surface area contributed by atoms with Gasteiger partial charge in [-0.3, -0.25) is 14.4 Å². The van der Waals surface area contributed by atoms with Gasteiger partial charge in [-0.15, -0.1) is 0 Å². The smallest absolute Gasteiger partial charge is 0.337 e. The number of benzene rings is 2. The SMILES string of the molecule is COC(=O)c1ccc(NC(=O)COC(=O)[C@H]2CC(=O)N(c3ccc(OC)cc3)C2)cc1. The van der Waals surface area contributed by atoms with Crippen LogP contribution in [0.2, 0.25) is 0 Å². The third kappa shape index (κ3) is 5.39. The molecule has 1 saturated heterocycles. The molecule has 2 aromatic carbocycles. The van der Waals surface area contributed by atoms with Crippen LogP contribution in [0, 0.1) is 5.92 Å². The number of ether oxygens (including phenoxy) is 3. The molecule has 1 heterocycles. The molecular formula is C22H22N2O7. The van der Waals surface area contributed by atoms with E-state index in [0.717, 1.165) is 0 Å². The Hall–Kier alpha value is -3.88. The lowest BCUT2D eigenvalue weighted by Crippen LogP contribution is -2.28. The average Bonchev–Trinajstić information content (AvgIpc) is 3.19. The van der Waals surface area contributed by atoms with E-state index in [-0.39, 0.29) is 18.9 Å². The van der Waals surface area contributed by atoms with Gasteiger partial charge >= 0.3 is 11.9 Å². The minimum Gasteiger partial charge on any atom is -0.497 e. The number of rotatable bonds is 7. The molecular weight excluding hydrogens is 404 g/mol. The number of nitrogens with one attached hydrogen (secondary N) is 1. The molecule has 1 atom stereocenters. The second-order valence-corrected chi connectivity index (χ2v) is 6.83. The summed E-state index contributed by atoms with van der Waals surface area (Å²) in [5.41, 5.74) is 1.45. The van der Waals surface area contributed by atoms with E-state index in [1.807, 2.05) is 0 Å². The first-order valence-corrected chi connectivity index (χ1v) is 9.50. The number of methoxy groups -OCH3 is 2. The van der Waals surface area contributed by atoms with Gasteiger partial charge in [0.05, 0.1) is 25.7 Å². The number of carbonyl (C=O) groups is 4. The molecule has 2 aromatic rings. The summed E-state index contributed by atoms with van der Waals surface area (Å²) in [5.74, 6) is -1.81. The molecule has 0 radical (unpaired) electrons. The van der Waals surface area contributed by atoms with Crippen LogP contribution in [0.4, 0.5) is 11.4 Å². The molecule has 1 aliphatic heterocycles. The monoisotopic (exact) mass is 426 g/mol. The van der Waals surface area contributed by atoms with Gasteiger partial charge in [0, 0.05) is 24.3 Å². The van der Waals surface area contributed by atoms with Gasteiger partial charge < -0.3 is 24.4 Å². The molecule has 1 N–H and O–H groups in total. The highest BCUT2D eigenvalue weighted by Gasteiger charge is 2.36. The maximum absolute atomic E-state index is 12.3. The molecule has 31 heavy (non-hydrogen) atoms.